The van der Waals surface area contributed by atoms with Crippen LogP contribution in [0, 0.1) is 26.7 Å². The van der Waals surface area contributed by atoms with Crippen LogP contribution in [0.5, 0.6) is 0 Å². The lowest BCUT2D eigenvalue weighted by Gasteiger charge is -2.25. The van der Waals surface area contributed by atoms with Gasteiger partial charge in [0.05, 0.1) is 0 Å². The van der Waals surface area contributed by atoms with Gasteiger partial charge in [0.15, 0.2) is 0 Å². The average Bonchev–Trinajstić information content (AvgIpc) is 2.45. The van der Waals surface area contributed by atoms with Gasteiger partial charge >= 0.3 is 5.97 Å². The van der Waals surface area contributed by atoms with E-state index in [9.17, 15) is 4.79 Å². The first kappa shape index (κ1) is 18.7. The fraction of sp³-hybridized carbons (Fsp3) is 0.632. The van der Waals surface area contributed by atoms with E-state index in [1.165, 1.54) is 22.3 Å². The number of aryl methyl sites for hydroxylation is 2. The molecule has 3 heteroatoms. The molecule has 0 radical (unpaired) electrons. The van der Waals surface area contributed by atoms with Gasteiger partial charge in [0.25, 0.3) is 0 Å². The summed E-state index contributed by atoms with van der Waals surface area (Å²) in [5.74, 6) is -0.534. The molecule has 1 aromatic rings. The monoisotopic (exact) mass is 305 g/mol. The molecule has 3 N–H and O–H groups in total. The van der Waals surface area contributed by atoms with Crippen LogP contribution in [0.2, 0.25) is 0 Å². The number of carboxylic acid groups (broad SMARTS) is 1. The summed E-state index contributed by atoms with van der Waals surface area (Å²) in [6.45, 7) is 10.2. The summed E-state index contributed by atoms with van der Waals surface area (Å²) in [7, 11) is 0. The maximum Gasteiger partial charge on any atom is 0.323 e. The predicted octanol–water partition coefficient (Wildman–Crippen LogP) is 4.15. The molecule has 0 heterocycles. The van der Waals surface area contributed by atoms with Gasteiger partial charge in [-0.15, -0.1) is 0 Å². The van der Waals surface area contributed by atoms with Crippen LogP contribution in [-0.4, -0.2) is 16.6 Å². The van der Waals surface area contributed by atoms with Crippen molar-refractivity contribution in [2.75, 3.05) is 0 Å². The summed E-state index contributed by atoms with van der Waals surface area (Å²) in [6, 6.07) is 4.37. The number of carboxylic acids is 1. The number of benzene rings is 1. The highest BCUT2D eigenvalue weighted by Crippen LogP contribution is 2.25. The molecule has 2 unspecified atom stereocenters. The second-order valence-electron chi connectivity index (χ2n) is 6.90. The van der Waals surface area contributed by atoms with E-state index >= 15 is 0 Å². The molecule has 0 saturated heterocycles. The standard InChI is InChI=1S/C19H31NO2/c1-6-16(12-19(5,20)18(21)22)8-7-9-17-14(3)11-10-13(2)15(17)4/h10-11,16H,6-9,12,20H2,1-5H3,(H,21,22). The molecule has 3 nitrogen and oxygen atoms in total. The minimum absolute atomic E-state index is 0.372. The van der Waals surface area contributed by atoms with Gasteiger partial charge < -0.3 is 10.8 Å². The fourth-order valence-electron chi connectivity index (χ4n) is 3.10. The Morgan fingerprint density at radius 2 is 1.86 bits per heavy atom. The third kappa shape index (κ3) is 4.84. The van der Waals surface area contributed by atoms with Crippen molar-refractivity contribution in [1.82, 2.24) is 0 Å². The van der Waals surface area contributed by atoms with E-state index in [0.717, 1.165) is 25.7 Å². The van der Waals surface area contributed by atoms with E-state index in [-0.39, 0.29) is 0 Å². The molecular weight excluding hydrogens is 274 g/mol. The largest absolute Gasteiger partial charge is 0.480 e. The maximum atomic E-state index is 11.2. The van der Waals surface area contributed by atoms with Gasteiger partial charge in [-0.05, 0) is 75.1 Å². The quantitative estimate of drug-likeness (QED) is 0.758. The second-order valence-corrected chi connectivity index (χ2v) is 6.90. The lowest BCUT2D eigenvalue weighted by Crippen LogP contribution is -2.46. The highest BCUT2D eigenvalue weighted by Gasteiger charge is 2.30. The third-order valence-corrected chi connectivity index (χ3v) is 4.92. The van der Waals surface area contributed by atoms with Crippen LogP contribution in [-0.2, 0) is 11.2 Å². The van der Waals surface area contributed by atoms with Gasteiger partial charge in [0, 0.05) is 0 Å². The Morgan fingerprint density at radius 3 is 2.41 bits per heavy atom. The molecule has 2 atom stereocenters. The van der Waals surface area contributed by atoms with E-state index in [0.29, 0.717) is 12.3 Å². The number of aliphatic carboxylic acids is 1. The zero-order chi connectivity index (χ0) is 16.9. The van der Waals surface area contributed by atoms with Crippen LogP contribution in [0.4, 0.5) is 0 Å². The smallest absolute Gasteiger partial charge is 0.323 e. The van der Waals surface area contributed by atoms with Crippen molar-refractivity contribution in [3.05, 3.63) is 34.4 Å². The number of nitrogens with two attached hydrogens (primary N) is 1. The first-order valence-electron chi connectivity index (χ1n) is 8.27. The van der Waals surface area contributed by atoms with Crippen LogP contribution >= 0.6 is 0 Å². The van der Waals surface area contributed by atoms with Gasteiger partial charge in [-0.3, -0.25) is 4.79 Å². The number of carbonyl (C=O) groups is 1. The molecule has 22 heavy (non-hydrogen) atoms. The van der Waals surface area contributed by atoms with E-state index in [1.54, 1.807) is 6.92 Å². The molecule has 124 valence electrons. The Bertz CT molecular complexity index is 520. The molecule has 0 aliphatic rings. The van der Waals surface area contributed by atoms with Crippen molar-refractivity contribution >= 4 is 5.97 Å². The molecule has 0 bridgehead atoms. The molecule has 0 amide bonds. The molecule has 0 aliphatic carbocycles. The van der Waals surface area contributed by atoms with Crippen LogP contribution in [0.3, 0.4) is 0 Å². The Morgan fingerprint density at radius 1 is 1.27 bits per heavy atom. The second kappa shape index (κ2) is 7.77. The van der Waals surface area contributed by atoms with E-state index in [4.69, 9.17) is 10.8 Å². The summed E-state index contributed by atoms with van der Waals surface area (Å²) in [4.78, 5) is 11.2. The topological polar surface area (TPSA) is 63.3 Å². The first-order chi connectivity index (χ1) is 10.2. The summed E-state index contributed by atoms with van der Waals surface area (Å²) in [6.07, 6.45) is 4.70. The summed E-state index contributed by atoms with van der Waals surface area (Å²) >= 11 is 0. The lowest BCUT2D eigenvalue weighted by atomic mass is 9.84. The van der Waals surface area contributed by atoms with Crippen LogP contribution in [0.15, 0.2) is 12.1 Å². The van der Waals surface area contributed by atoms with Crippen LogP contribution < -0.4 is 5.73 Å². The molecule has 1 aromatic carbocycles. The van der Waals surface area contributed by atoms with Gasteiger partial charge in [-0.25, -0.2) is 0 Å². The van der Waals surface area contributed by atoms with Gasteiger partial charge in [0.1, 0.15) is 5.54 Å². The average molecular weight is 305 g/mol. The molecule has 0 fully saturated rings. The van der Waals surface area contributed by atoms with Crippen LogP contribution in [0.1, 0.15) is 61.8 Å². The van der Waals surface area contributed by atoms with Crippen molar-refractivity contribution in [2.45, 2.75) is 72.3 Å². The van der Waals surface area contributed by atoms with Crippen molar-refractivity contribution in [3.8, 4) is 0 Å². The Kier molecular flexibility index (Phi) is 6.61. The summed E-state index contributed by atoms with van der Waals surface area (Å²) in [5, 5.41) is 9.17. The van der Waals surface area contributed by atoms with Gasteiger partial charge in [-0.2, -0.15) is 0 Å². The van der Waals surface area contributed by atoms with Crippen molar-refractivity contribution in [2.24, 2.45) is 11.7 Å². The fourth-order valence-corrected chi connectivity index (χ4v) is 3.10. The van der Waals surface area contributed by atoms with Gasteiger partial charge in [0.2, 0.25) is 0 Å². The highest BCUT2D eigenvalue weighted by molar-refractivity contribution is 5.77. The minimum atomic E-state index is -1.12. The van der Waals surface area contributed by atoms with E-state index in [1.807, 2.05) is 0 Å². The van der Waals surface area contributed by atoms with E-state index < -0.39 is 11.5 Å². The Balaban J connectivity index is 2.62. The SMILES string of the molecule is CCC(CCCc1c(C)ccc(C)c1C)CC(C)(N)C(=O)O. The Labute approximate surface area is 134 Å². The molecule has 0 aliphatic heterocycles. The van der Waals surface area contributed by atoms with Crippen molar-refractivity contribution in [3.63, 3.8) is 0 Å². The normalized spacial score (nSPS) is 15.4. The predicted molar refractivity (Wildman–Crippen MR) is 92.2 cm³/mol. The van der Waals surface area contributed by atoms with Crippen LogP contribution in [0.25, 0.3) is 0 Å². The molecule has 1 rings (SSSR count). The molecule has 0 spiro atoms. The molecule has 0 aromatic heterocycles. The minimum Gasteiger partial charge on any atom is -0.480 e. The molecular formula is C19H31NO2. The maximum absolute atomic E-state index is 11.2. The zero-order valence-electron chi connectivity index (χ0n) is 14.7. The summed E-state index contributed by atoms with van der Waals surface area (Å²) < 4.78 is 0. The van der Waals surface area contributed by atoms with E-state index in [2.05, 4.69) is 39.8 Å². The lowest BCUT2D eigenvalue weighted by molar-refractivity contribution is -0.143. The molecule has 0 saturated carbocycles. The van der Waals surface area contributed by atoms with Gasteiger partial charge in [-0.1, -0.05) is 31.9 Å². The number of rotatable bonds is 8. The van der Waals surface area contributed by atoms with Crippen molar-refractivity contribution < 1.29 is 9.90 Å². The number of hydrogen-bond acceptors (Lipinski definition) is 2. The van der Waals surface area contributed by atoms with Crippen molar-refractivity contribution in [1.29, 1.82) is 0 Å². The first-order valence-corrected chi connectivity index (χ1v) is 8.27. The third-order valence-electron chi connectivity index (χ3n) is 4.92. The number of hydrogen-bond donors (Lipinski definition) is 2. The Hall–Kier alpha value is -1.35. The highest BCUT2D eigenvalue weighted by atomic mass is 16.4. The summed E-state index contributed by atoms with van der Waals surface area (Å²) in [5.41, 5.74) is 10.3. The zero-order valence-corrected chi connectivity index (χ0v) is 14.7.